The normalized spacial score (nSPS) is 16.1. The summed E-state index contributed by atoms with van der Waals surface area (Å²) in [7, 11) is 0. The molecule has 0 spiro atoms. The van der Waals surface area contributed by atoms with Gasteiger partial charge in [0.1, 0.15) is 12.4 Å². The number of hydrogen-bond acceptors (Lipinski definition) is 5. The van der Waals surface area contributed by atoms with E-state index in [4.69, 9.17) is 14.9 Å². The lowest BCUT2D eigenvalue weighted by Crippen LogP contribution is -2.38. The largest absolute Gasteiger partial charge is 0.490 e. The molecule has 3 aromatic carbocycles. The number of amides is 1. The molecule has 0 bridgehead atoms. The van der Waals surface area contributed by atoms with E-state index < -0.39 is 5.91 Å². The Balaban J connectivity index is 1.41. The number of hydrogen-bond donors (Lipinski definition) is 1. The Kier molecular flexibility index (Phi) is 6.73. The molecule has 5 rings (SSSR count). The summed E-state index contributed by atoms with van der Waals surface area (Å²) in [6.07, 6.45) is 1.68. The van der Waals surface area contributed by atoms with Gasteiger partial charge in [0.25, 0.3) is 5.91 Å². The minimum Gasteiger partial charge on any atom is -0.490 e. The Morgan fingerprint density at radius 2 is 1.78 bits per heavy atom. The van der Waals surface area contributed by atoms with Gasteiger partial charge in [-0.15, -0.1) is 0 Å². The zero-order chi connectivity index (χ0) is 25.1. The highest BCUT2D eigenvalue weighted by molar-refractivity contribution is 8.17. The van der Waals surface area contributed by atoms with Crippen LogP contribution in [0.2, 0.25) is 0 Å². The van der Waals surface area contributed by atoms with E-state index >= 15 is 0 Å². The number of ether oxygens (including phenoxy) is 2. The van der Waals surface area contributed by atoms with Gasteiger partial charge in [0, 0.05) is 5.41 Å². The number of nitrogens with one attached hydrogen (secondary N) is 1. The summed E-state index contributed by atoms with van der Waals surface area (Å²) in [6.45, 7) is 4.85. The molecule has 0 saturated carbocycles. The summed E-state index contributed by atoms with van der Waals surface area (Å²) in [5, 5.41) is 11.3. The zero-order valence-corrected chi connectivity index (χ0v) is 20.8. The number of carbonyl (C=O) groups is 1. The highest BCUT2D eigenvalue weighted by atomic mass is 32.2. The van der Waals surface area contributed by atoms with Crippen molar-refractivity contribution in [3.63, 3.8) is 0 Å². The third-order valence-electron chi connectivity index (χ3n) is 5.78. The van der Waals surface area contributed by atoms with E-state index in [9.17, 15) is 4.79 Å². The molecule has 0 saturated heterocycles. The lowest BCUT2D eigenvalue weighted by Gasteiger charge is -2.27. The first kappa shape index (κ1) is 23.6. The van der Waals surface area contributed by atoms with Crippen molar-refractivity contribution in [1.29, 1.82) is 5.41 Å². The van der Waals surface area contributed by atoms with Gasteiger partial charge in [-0.3, -0.25) is 15.1 Å². The number of benzene rings is 3. The first-order chi connectivity index (χ1) is 17.5. The summed E-state index contributed by atoms with van der Waals surface area (Å²) >= 11 is 1.35. The van der Waals surface area contributed by atoms with Gasteiger partial charge in [0.05, 0.1) is 17.9 Å². The van der Waals surface area contributed by atoms with E-state index in [0.717, 1.165) is 22.4 Å². The molecule has 0 unspecified atom stereocenters. The monoisotopic (exact) mass is 495 g/mol. The second kappa shape index (κ2) is 10.3. The van der Waals surface area contributed by atoms with E-state index in [1.807, 2.05) is 73.0 Å². The van der Waals surface area contributed by atoms with Gasteiger partial charge in [0.2, 0.25) is 0 Å². The second-order valence-corrected chi connectivity index (χ2v) is 9.18. The van der Waals surface area contributed by atoms with Crippen molar-refractivity contribution in [3.8, 4) is 11.5 Å². The zero-order valence-electron chi connectivity index (χ0n) is 20.0. The smallest absolute Gasteiger partial charge is 0.283 e. The molecule has 7 heteroatoms. The molecular formula is C29H25N3O3S. The van der Waals surface area contributed by atoms with Crippen molar-refractivity contribution in [3.05, 3.63) is 106 Å². The number of aryl methyl sites for hydroxylation is 1. The van der Waals surface area contributed by atoms with Gasteiger partial charge in [-0.05, 0) is 48.7 Å². The molecule has 2 aliphatic heterocycles. The lowest BCUT2D eigenvalue weighted by atomic mass is 10.1. The standard InChI is InChI=1S/C29H25N3O3S/c1-3-34-26-16-21(13-14-25(26)35-17-20-11-9-19(2)10-12-20)15-23-27(30)32-24(22-7-5-4-6-8-22)18-36-29(32)31-28(23)33/h4-16,18,30H,3,17H2,1-2H3. The Hall–Kier alpha value is -4.10. The maximum absolute atomic E-state index is 12.8. The molecule has 1 amide bonds. The molecule has 0 radical (unpaired) electrons. The van der Waals surface area contributed by atoms with Crippen molar-refractivity contribution in [2.24, 2.45) is 4.99 Å². The van der Waals surface area contributed by atoms with Gasteiger partial charge in [-0.2, -0.15) is 4.99 Å². The van der Waals surface area contributed by atoms with Gasteiger partial charge in [0.15, 0.2) is 16.7 Å². The van der Waals surface area contributed by atoms with E-state index in [-0.39, 0.29) is 11.4 Å². The van der Waals surface area contributed by atoms with Crippen LogP contribution in [0.25, 0.3) is 11.8 Å². The number of fused-ring (bicyclic) bond motifs is 1. The average molecular weight is 496 g/mol. The quantitative estimate of drug-likeness (QED) is 0.391. The van der Waals surface area contributed by atoms with Crippen LogP contribution in [0.1, 0.15) is 29.2 Å². The summed E-state index contributed by atoms with van der Waals surface area (Å²) in [4.78, 5) is 18.8. The number of carbonyl (C=O) groups excluding carboxylic acids is 1. The molecule has 36 heavy (non-hydrogen) atoms. The summed E-state index contributed by atoms with van der Waals surface area (Å²) in [5.74, 6) is 0.872. The van der Waals surface area contributed by atoms with Crippen LogP contribution in [0, 0.1) is 12.3 Å². The van der Waals surface area contributed by atoms with Crippen molar-refractivity contribution >= 4 is 40.4 Å². The van der Waals surface area contributed by atoms with E-state index in [1.165, 1.54) is 17.3 Å². The van der Waals surface area contributed by atoms with Gasteiger partial charge < -0.3 is 9.47 Å². The lowest BCUT2D eigenvalue weighted by molar-refractivity contribution is -0.114. The predicted octanol–water partition coefficient (Wildman–Crippen LogP) is 6.28. The molecular weight excluding hydrogens is 470 g/mol. The summed E-state index contributed by atoms with van der Waals surface area (Å²) in [6, 6.07) is 23.5. The average Bonchev–Trinajstić information content (AvgIpc) is 3.31. The topological polar surface area (TPSA) is 75.0 Å². The fraction of sp³-hybridized carbons (Fsp3) is 0.138. The fourth-order valence-electron chi connectivity index (χ4n) is 3.93. The van der Waals surface area contributed by atoms with Crippen molar-refractivity contribution in [2.75, 3.05) is 6.61 Å². The Labute approximate surface area is 214 Å². The Morgan fingerprint density at radius 3 is 2.53 bits per heavy atom. The molecule has 6 nitrogen and oxygen atoms in total. The third kappa shape index (κ3) is 4.83. The minimum atomic E-state index is -0.431. The second-order valence-electron chi connectivity index (χ2n) is 8.34. The Bertz CT molecular complexity index is 1410. The number of aliphatic imine (C=N–C) groups is 1. The van der Waals surface area contributed by atoms with Crippen LogP contribution in [0.5, 0.6) is 11.5 Å². The minimum absolute atomic E-state index is 0.0998. The van der Waals surface area contributed by atoms with Crippen LogP contribution in [0.4, 0.5) is 0 Å². The molecule has 2 aliphatic rings. The fourth-order valence-corrected chi connectivity index (χ4v) is 4.82. The molecule has 1 N–H and O–H groups in total. The van der Waals surface area contributed by atoms with E-state index in [0.29, 0.717) is 29.9 Å². The summed E-state index contributed by atoms with van der Waals surface area (Å²) in [5.41, 5.74) is 5.00. The number of nitrogens with zero attached hydrogens (tertiary/aromatic N) is 2. The molecule has 0 aromatic heterocycles. The van der Waals surface area contributed by atoms with Crippen LogP contribution >= 0.6 is 11.8 Å². The van der Waals surface area contributed by atoms with E-state index in [2.05, 4.69) is 24.0 Å². The number of thioether (sulfide) groups is 1. The molecule has 3 aromatic rings. The first-order valence-corrected chi connectivity index (χ1v) is 12.5. The maximum atomic E-state index is 12.8. The molecule has 0 aliphatic carbocycles. The van der Waals surface area contributed by atoms with E-state index in [1.54, 1.807) is 11.0 Å². The summed E-state index contributed by atoms with van der Waals surface area (Å²) < 4.78 is 11.9. The predicted molar refractivity (Wildman–Crippen MR) is 145 cm³/mol. The van der Waals surface area contributed by atoms with Crippen molar-refractivity contribution < 1.29 is 14.3 Å². The van der Waals surface area contributed by atoms with Crippen molar-refractivity contribution in [1.82, 2.24) is 4.90 Å². The SMILES string of the molecule is CCOc1cc(C=C2C(=N)N3C(c4ccccc4)=CSC3=NC2=O)ccc1OCc1ccc(C)cc1. The highest BCUT2D eigenvalue weighted by Crippen LogP contribution is 2.38. The number of amidine groups is 2. The molecule has 0 atom stereocenters. The first-order valence-electron chi connectivity index (χ1n) is 11.6. The van der Waals surface area contributed by atoms with Crippen molar-refractivity contribution in [2.45, 2.75) is 20.5 Å². The molecule has 0 fully saturated rings. The van der Waals surface area contributed by atoms with Crippen LogP contribution in [-0.4, -0.2) is 28.4 Å². The van der Waals surface area contributed by atoms with Crippen LogP contribution in [-0.2, 0) is 11.4 Å². The highest BCUT2D eigenvalue weighted by Gasteiger charge is 2.36. The molecule has 180 valence electrons. The maximum Gasteiger partial charge on any atom is 0.283 e. The van der Waals surface area contributed by atoms with Gasteiger partial charge in [-0.25, -0.2) is 0 Å². The van der Waals surface area contributed by atoms with Gasteiger partial charge >= 0.3 is 0 Å². The number of rotatable bonds is 7. The van der Waals surface area contributed by atoms with Crippen LogP contribution in [0.3, 0.4) is 0 Å². The Morgan fingerprint density at radius 1 is 1.00 bits per heavy atom. The third-order valence-corrected chi connectivity index (χ3v) is 6.60. The van der Waals surface area contributed by atoms with Gasteiger partial charge in [-0.1, -0.05) is 78.0 Å². The van der Waals surface area contributed by atoms with Crippen LogP contribution < -0.4 is 9.47 Å². The van der Waals surface area contributed by atoms with Crippen LogP contribution in [0.15, 0.2) is 88.8 Å². The molecule has 2 heterocycles.